The number of benzene rings is 1. The SMILES string of the molecule is CCOC(=O)C1CCN(Cc2cc([N+](=O)[O-])cc3c2OCOC3)CC1. The first-order valence-corrected chi connectivity index (χ1v) is 8.48. The molecule has 0 saturated carbocycles. The van der Waals surface area contributed by atoms with Crippen LogP contribution in [0, 0.1) is 16.0 Å². The summed E-state index contributed by atoms with van der Waals surface area (Å²) in [6.45, 7) is 4.73. The molecule has 1 saturated heterocycles. The molecule has 25 heavy (non-hydrogen) atoms. The second-order valence-electron chi connectivity index (χ2n) is 6.26. The molecule has 0 aliphatic carbocycles. The fourth-order valence-corrected chi connectivity index (χ4v) is 3.33. The molecule has 0 unspecified atom stereocenters. The Labute approximate surface area is 145 Å². The van der Waals surface area contributed by atoms with E-state index in [-0.39, 0.29) is 24.4 Å². The number of esters is 1. The second kappa shape index (κ2) is 7.79. The van der Waals surface area contributed by atoms with Gasteiger partial charge in [0.2, 0.25) is 0 Å². The Morgan fingerprint density at radius 1 is 1.40 bits per heavy atom. The predicted molar refractivity (Wildman–Crippen MR) is 88.0 cm³/mol. The summed E-state index contributed by atoms with van der Waals surface area (Å²) in [6.07, 6.45) is 1.47. The predicted octanol–water partition coefficient (Wildman–Crippen LogP) is 2.24. The van der Waals surface area contributed by atoms with Crippen molar-refractivity contribution in [1.82, 2.24) is 4.90 Å². The number of nitrogens with zero attached hydrogens (tertiary/aromatic N) is 2. The number of carbonyl (C=O) groups excluding carboxylic acids is 1. The number of likely N-dealkylation sites (tertiary alicyclic amines) is 1. The van der Waals surface area contributed by atoms with Gasteiger partial charge in [-0.25, -0.2) is 0 Å². The third-order valence-corrected chi connectivity index (χ3v) is 4.58. The standard InChI is InChI=1S/C17H22N2O6/c1-2-24-17(20)12-3-5-18(6-4-12)9-13-7-15(19(21)22)8-14-10-23-11-25-16(13)14/h7-8,12H,2-6,9-11H2,1H3. The topological polar surface area (TPSA) is 91.1 Å². The van der Waals surface area contributed by atoms with Crippen LogP contribution in [0.1, 0.15) is 30.9 Å². The number of fused-ring (bicyclic) bond motifs is 1. The Bertz CT molecular complexity index is 655. The molecule has 0 bridgehead atoms. The van der Waals surface area contributed by atoms with Gasteiger partial charge in [-0.05, 0) is 32.9 Å². The molecule has 0 N–H and O–H groups in total. The molecule has 3 rings (SSSR count). The van der Waals surface area contributed by atoms with Crippen LogP contribution in [0.15, 0.2) is 12.1 Å². The number of hydrogen-bond acceptors (Lipinski definition) is 7. The van der Waals surface area contributed by atoms with Gasteiger partial charge < -0.3 is 14.2 Å². The lowest BCUT2D eigenvalue weighted by Crippen LogP contribution is -2.36. The molecular formula is C17H22N2O6. The van der Waals surface area contributed by atoms with Crippen LogP contribution >= 0.6 is 0 Å². The van der Waals surface area contributed by atoms with Gasteiger partial charge in [-0.2, -0.15) is 0 Å². The van der Waals surface area contributed by atoms with Gasteiger partial charge in [0.05, 0.1) is 24.1 Å². The minimum Gasteiger partial charge on any atom is -0.467 e. The van der Waals surface area contributed by atoms with E-state index in [9.17, 15) is 14.9 Å². The van der Waals surface area contributed by atoms with Gasteiger partial charge in [0.25, 0.3) is 5.69 Å². The summed E-state index contributed by atoms with van der Waals surface area (Å²) in [5.74, 6) is 0.500. The first-order valence-electron chi connectivity index (χ1n) is 8.48. The summed E-state index contributed by atoms with van der Waals surface area (Å²) in [6, 6.07) is 3.08. The molecule has 8 heteroatoms. The number of rotatable bonds is 5. The number of non-ortho nitro benzene ring substituents is 1. The Kier molecular flexibility index (Phi) is 5.50. The van der Waals surface area contributed by atoms with Crippen LogP contribution in [0.4, 0.5) is 5.69 Å². The fourth-order valence-electron chi connectivity index (χ4n) is 3.33. The highest BCUT2D eigenvalue weighted by molar-refractivity contribution is 5.72. The molecule has 1 fully saturated rings. The van der Waals surface area contributed by atoms with Crippen molar-refractivity contribution in [2.75, 3.05) is 26.5 Å². The summed E-state index contributed by atoms with van der Waals surface area (Å²) in [4.78, 5) is 24.8. The first-order chi connectivity index (χ1) is 12.1. The molecule has 136 valence electrons. The molecule has 0 radical (unpaired) electrons. The van der Waals surface area contributed by atoms with E-state index < -0.39 is 4.92 Å². The molecule has 0 spiro atoms. The zero-order valence-electron chi connectivity index (χ0n) is 14.2. The van der Waals surface area contributed by atoms with Crippen LogP contribution in [0.2, 0.25) is 0 Å². The van der Waals surface area contributed by atoms with Crippen LogP contribution in [-0.2, 0) is 27.4 Å². The number of nitro benzene ring substituents is 1. The zero-order chi connectivity index (χ0) is 17.8. The lowest BCUT2D eigenvalue weighted by molar-refractivity contribution is -0.385. The van der Waals surface area contributed by atoms with Gasteiger partial charge in [0.15, 0.2) is 6.79 Å². The summed E-state index contributed by atoms with van der Waals surface area (Å²) in [7, 11) is 0. The molecule has 0 aromatic heterocycles. The Balaban J connectivity index is 1.70. The van der Waals surface area contributed by atoms with Gasteiger partial charge in [-0.3, -0.25) is 19.8 Å². The minimum atomic E-state index is -0.397. The van der Waals surface area contributed by atoms with E-state index in [1.165, 1.54) is 6.07 Å². The van der Waals surface area contributed by atoms with Crippen LogP contribution in [-0.4, -0.2) is 42.3 Å². The summed E-state index contributed by atoms with van der Waals surface area (Å²) in [5.41, 5.74) is 1.54. The quantitative estimate of drug-likeness (QED) is 0.457. The van der Waals surface area contributed by atoms with Crippen molar-refractivity contribution in [2.24, 2.45) is 5.92 Å². The summed E-state index contributed by atoms with van der Waals surface area (Å²) < 4.78 is 15.9. The maximum absolute atomic E-state index is 11.8. The third-order valence-electron chi connectivity index (χ3n) is 4.58. The van der Waals surface area contributed by atoms with E-state index in [0.29, 0.717) is 31.1 Å². The molecular weight excluding hydrogens is 328 g/mol. The van der Waals surface area contributed by atoms with Crippen molar-refractivity contribution in [3.05, 3.63) is 33.4 Å². The number of nitro groups is 1. The smallest absolute Gasteiger partial charge is 0.309 e. The molecule has 1 aromatic rings. The lowest BCUT2D eigenvalue weighted by Gasteiger charge is -2.31. The number of carbonyl (C=O) groups is 1. The number of ether oxygens (including phenoxy) is 3. The van der Waals surface area contributed by atoms with E-state index in [1.54, 1.807) is 6.07 Å². The van der Waals surface area contributed by atoms with Crippen LogP contribution in [0.5, 0.6) is 5.75 Å². The molecule has 0 atom stereocenters. The van der Waals surface area contributed by atoms with Gasteiger partial charge in [0.1, 0.15) is 5.75 Å². The highest BCUT2D eigenvalue weighted by Crippen LogP contribution is 2.34. The Hall–Kier alpha value is -2.19. The highest BCUT2D eigenvalue weighted by atomic mass is 16.7. The van der Waals surface area contributed by atoms with Gasteiger partial charge in [-0.15, -0.1) is 0 Å². The summed E-state index contributed by atoms with van der Waals surface area (Å²) >= 11 is 0. The van der Waals surface area contributed by atoms with E-state index in [0.717, 1.165) is 31.5 Å². The van der Waals surface area contributed by atoms with Crippen molar-refractivity contribution in [3.63, 3.8) is 0 Å². The van der Waals surface area contributed by atoms with Crippen molar-refractivity contribution in [3.8, 4) is 5.75 Å². The molecule has 2 aliphatic heterocycles. The second-order valence-corrected chi connectivity index (χ2v) is 6.26. The molecule has 2 heterocycles. The monoisotopic (exact) mass is 350 g/mol. The molecule has 0 amide bonds. The van der Waals surface area contributed by atoms with Crippen molar-refractivity contribution in [1.29, 1.82) is 0 Å². The molecule has 8 nitrogen and oxygen atoms in total. The number of piperidine rings is 1. The highest BCUT2D eigenvalue weighted by Gasteiger charge is 2.28. The fraction of sp³-hybridized carbons (Fsp3) is 0.588. The lowest BCUT2D eigenvalue weighted by atomic mass is 9.96. The van der Waals surface area contributed by atoms with Gasteiger partial charge in [-0.1, -0.05) is 0 Å². The van der Waals surface area contributed by atoms with Gasteiger partial charge >= 0.3 is 5.97 Å². The molecule has 1 aromatic carbocycles. The van der Waals surface area contributed by atoms with Crippen molar-refractivity contribution in [2.45, 2.75) is 32.9 Å². The van der Waals surface area contributed by atoms with Gasteiger partial charge in [0, 0.05) is 29.8 Å². The van der Waals surface area contributed by atoms with Crippen LogP contribution < -0.4 is 4.74 Å². The average molecular weight is 350 g/mol. The van der Waals surface area contributed by atoms with E-state index in [4.69, 9.17) is 14.2 Å². The van der Waals surface area contributed by atoms with Crippen molar-refractivity contribution < 1.29 is 23.9 Å². The third kappa shape index (κ3) is 4.08. The van der Waals surface area contributed by atoms with Crippen LogP contribution in [0.3, 0.4) is 0 Å². The Morgan fingerprint density at radius 2 is 2.16 bits per heavy atom. The van der Waals surface area contributed by atoms with Crippen LogP contribution in [0.25, 0.3) is 0 Å². The normalized spacial score (nSPS) is 18.3. The zero-order valence-corrected chi connectivity index (χ0v) is 14.2. The summed E-state index contributed by atoms with van der Waals surface area (Å²) in [5, 5.41) is 11.2. The van der Waals surface area contributed by atoms with E-state index in [1.807, 2.05) is 6.92 Å². The largest absolute Gasteiger partial charge is 0.467 e. The van der Waals surface area contributed by atoms with E-state index in [2.05, 4.69) is 4.90 Å². The Morgan fingerprint density at radius 3 is 2.84 bits per heavy atom. The maximum Gasteiger partial charge on any atom is 0.309 e. The van der Waals surface area contributed by atoms with E-state index >= 15 is 0 Å². The van der Waals surface area contributed by atoms with Crippen molar-refractivity contribution >= 4 is 11.7 Å². The maximum atomic E-state index is 11.8. The first kappa shape index (κ1) is 17.6. The minimum absolute atomic E-state index is 0.0456. The molecule has 2 aliphatic rings. The average Bonchev–Trinajstić information content (AvgIpc) is 2.62. The number of hydrogen-bond donors (Lipinski definition) is 0.